The molecule has 0 atom stereocenters. The lowest BCUT2D eigenvalue weighted by Crippen LogP contribution is -2.32. The minimum absolute atomic E-state index is 0.00799. The molecular formula is C11H13N3O4S. The number of nitrogens with one attached hydrogen (secondary N) is 1. The third-order valence-corrected chi connectivity index (χ3v) is 4.13. The van der Waals surface area contributed by atoms with E-state index < -0.39 is 14.9 Å². The lowest BCUT2D eigenvalue weighted by Gasteiger charge is -2.14. The smallest absolute Gasteiger partial charge is 0.269 e. The molecule has 7 nitrogen and oxygen atoms in total. The number of nitro benzene ring substituents is 1. The van der Waals surface area contributed by atoms with E-state index in [0.717, 1.165) is 25.0 Å². The van der Waals surface area contributed by atoms with Crippen molar-refractivity contribution in [1.82, 2.24) is 4.72 Å². The van der Waals surface area contributed by atoms with Gasteiger partial charge in [-0.15, -0.1) is 0 Å². The second kappa shape index (κ2) is 5.35. The number of hydrogen-bond acceptors (Lipinski definition) is 5. The summed E-state index contributed by atoms with van der Waals surface area (Å²) < 4.78 is 26.5. The number of aliphatic imine (C=N–C) groups is 1. The third-order valence-electron chi connectivity index (χ3n) is 2.73. The Morgan fingerprint density at radius 2 is 1.89 bits per heavy atom. The fourth-order valence-electron chi connectivity index (χ4n) is 1.74. The summed E-state index contributed by atoms with van der Waals surface area (Å²) in [6.45, 7) is 0.623. The highest BCUT2D eigenvalue weighted by atomic mass is 32.2. The number of nitrogens with zero attached hydrogens (tertiary/aromatic N) is 2. The fourth-order valence-corrected chi connectivity index (χ4v) is 2.83. The van der Waals surface area contributed by atoms with Crippen LogP contribution in [0.15, 0.2) is 34.2 Å². The molecule has 0 fully saturated rings. The van der Waals surface area contributed by atoms with Crippen LogP contribution in [0.25, 0.3) is 0 Å². The largest absolute Gasteiger partial charge is 0.272 e. The summed E-state index contributed by atoms with van der Waals surface area (Å²) >= 11 is 0. The summed E-state index contributed by atoms with van der Waals surface area (Å²) in [5.41, 5.74) is -0.144. The van der Waals surface area contributed by atoms with E-state index in [4.69, 9.17) is 0 Å². The van der Waals surface area contributed by atoms with Gasteiger partial charge in [-0.2, -0.15) is 0 Å². The van der Waals surface area contributed by atoms with Crippen molar-refractivity contribution in [2.45, 2.75) is 24.2 Å². The van der Waals surface area contributed by atoms with Crippen LogP contribution in [0, 0.1) is 10.1 Å². The first-order valence-electron chi connectivity index (χ1n) is 5.80. The van der Waals surface area contributed by atoms with Crippen LogP contribution in [-0.4, -0.2) is 25.7 Å². The number of nitro groups is 1. The van der Waals surface area contributed by atoms with E-state index in [-0.39, 0.29) is 10.6 Å². The summed E-state index contributed by atoms with van der Waals surface area (Å²) in [6.07, 6.45) is 2.47. The zero-order valence-electron chi connectivity index (χ0n) is 10.1. The van der Waals surface area contributed by atoms with Gasteiger partial charge in [-0.1, -0.05) is 0 Å². The molecule has 19 heavy (non-hydrogen) atoms. The van der Waals surface area contributed by atoms with Gasteiger partial charge in [0.2, 0.25) is 0 Å². The van der Waals surface area contributed by atoms with Gasteiger partial charge in [-0.05, 0) is 25.0 Å². The van der Waals surface area contributed by atoms with Gasteiger partial charge in [-0.3, -0.25) is 19.8 Å². The fraction of sp³-hybridized carbons (Fsp3) is 0.364. The molecule has 1 heterocycles. The van der Waals surface area contributed by atoms with E-state index in [1.54, 1.807) is 0 Å². The summed E-state index contributed by atoms with van der Waals surface area (Å²) in [6, 6.07) is 4.75. The minimum Gasteiger partial charge on any atom is -0.272 e. The van der Waals surface area contributed by atoms with E-state index in [1.165, 1.54) is 12.1 Å². The molecule has 0 saturated heterocycles. The summed E-state index contributed by atoms with van der Waals surface area (Å²) in [5.74, 6) is 0.449. The first-order valence-corrected chi connectivity index (χ1v) is 7.28. The number of hydrogen-bond donors (Lipinski definition) is 1. The van der Waals surface area contributed by atoms with E-state index in [9.17, 15) is 18.5 Å². The number of non-ortho nitro benzene ring substituents is 1. The van der Waals surface area contributed by atoms with Crippen LogP contribution in [0.5, 0.6) is 0 Å². The van der Waals surface area contributed by atoms with Crippen molar-refractivity contribution >= 4 is 21.5 Å². The molecule has 8 heteroatoms. The van der Waals surface area contributed by atoms with Gasteiger partial charge in [-0.25, -0.2) is 8.42 Å². The molecule has 1 aromatic rings. The van der Waals surface area contributed by atoms with Gasteiger partial charge in [0.25, 0.3) is 15.7 Å². The molecule has 0 spiro atoms. The van der Waals surface area contributed by atoms with E-state index in [0.29, 0.717) is 18.8 Å². The van der Waals surface area contributed by atoms with Crippen LogP contribution in [0.1, 0.15) is 19.3 Å². The van der Waals surface area contributed by atoms with E-state index >= 15 is 0 Å². The Hall–Kier alpha value is -1.96. The van der Waals surface area contributed by atoms with Crippen molar-refractivity contribution in [1.29, 1.82) is 0 Å². The topological polar surface area (TPSA) is 102 Å². The van der Waals surface area contributed by atoms with Gasteiger partial charge < -0.3 is 0 Å². The maximum absolute atomic E-state index is 12.0. The van der Waals surface area contributed by atoms with Gasteiger partial charge in [0.15, 0.2) is 0 Å². The Morgan fingerprint density at radius 3 is 2.42 bits per heavy atom. The summed E-state index contributed by atoms with van der Waals surface area (Å²) in [5, 5.41) is 10.5. The van der Waals surface area contributed by atoms with Gasteiger partial charge in [0.1, 0.15) is 5.84 Å². The van der Waals surface area contributed by atoms with Gasteiger partial charge in [0, 0.05) is 25.1 Å². The quantitative estimate of drug-likeness (QED) is 0.670. The maximum Gasteiger partial charge on any atom is 0.269 e. The first-order chi connectivity index (χ1) is 8.99. The molecule has 1 N–H and O–H groups in total. The molecule has 0 aliphatic carbocycles. The number of amidine groups is 1. The van der Waals surface area contributed by atoms with Crippen LogP contribution < -0.4 is 4.72 Å². The van der Waals surface area contributed by atoms with Crippen LogP contribution in [0.3, 0.4) is 0 Å². The second-order valence-electron chi connectivity index (χ2n) is 4.14. The maximum atomic E-state index is 12.0. The van der Waals surface area contributed by atoms with Crippen molar-refractivity contribution in [3.63, 3.8) is 0 Å². The zero-order valence-corrected chi connectivity index (χ0v) is 10.9. The molecule has 0 unspecified atom stereocenters. The Labute approximate surface area is 110 Å². The van der Waals surface area contributed by atoms with Crippen LogP contribution in [0.2, 0.25) is 0 Å². The molecule has 0 radical (unpaired) electrons. The van der Waals surface area contributed by atoms with Crippen molar-refractivity contribution in [2.24, 2.45) is 4.99 Å². The first kappa shape index (κ1) is 13.5. The minimum atomic E-state index is -3.71. The molecule has 0 saturated carbocycles. The highest BCUT2D eigenvalue weighted by Gasteiger charge is 2.18. The van der Waals surface area contributed by atoms with Crippen molar-refractivity contribution in [3.05, 3.63) is 34.4 Å². The van der Waals surface area contributed by atoms with Gasteiger partial charge in [0.05, 0.1) is 9.82 Å². The summed E-state index contributed by atoms with van der Waals surface area (Å²) in [4.78, 5) is 14.0. The number of benzene rings is 1. The average Bonchev–Trinajstić information content (AvgIpc) is 2.39. The highest BCUT2D eigenvalue weighted by molar-refractivity contribution is 7.90. The molecule has 2 rings (SSSR count). The molecule has 102 valence electrons. The zero-order chi connectivity index (χ0) is 13.9. The molecule has 1 aromatic carbocycles. The molecule has 1 aliphatic heterocycles. The molecule has 0 aromatic heterocycles. The van der Waals surface area contributed by atoms with E-state index in [2.05, 4.69) is 9.71 Å². The predicted octanol–water partition coefficient (Wildman–Crippen LogP) is 1.46. The third kappa shape index (κ3) is 3.28. The standard InChI is InChI=1S/C11H13N3O4S/c15-14(16)9-4-6-10(7-5-9)19(17,18)13-11-3-1-2-8-12-11/h4-7H,1-3,8H2,(H,12,13). The summed E-state index contributed by atoms with van der Waals surface area (Å²) in [7, 11) is -3.71. The molecule has 0 bridgehead atoms. The Bertz CT molecular complexity index is 607. The lowest BCUT2D eigenvalue weighted by atomic mass is 10.2. The molecular weight excluding hydrogens is 270 g/mol. The van der Waals surface area contributed by atoms with Crippen molar-refractivity contribution < 1.29 is 13.3 Å². The SMILES string of the molecule is O=[N+]([O-])c1ccc(S(=O)(=O)NC2=NCCCC2)cc1. The van der Waals surface area contributed by atoms with Crippen LogP contribution in [0.4, 0.5) is 5.69 Å². The van der Waals surface area contributed by atoms with Crippen LogP contribution in [-0.2, 0) is 10.0 Å². The Balaban J connectivity index is 2.19. The normalized spacial score (nSPS) is 15.7. The monoisotopic (exact) mass is 283 g/mol. The molecule has 0 amide bonds. The number of rotatable bonds is 3. The van der Waals surface area contributed by atoms with Crippen LogP contribution >= 0.6 is 0 Å². The lowest BCUT2D eigenvalue weighted by molar-refractivity contribution is -0.384. The highest BCUT2D eigenvalue weighted by Crippen LogP contribution is 2.16. The average molecular weight is 283 g/mol. The predicted molar refractivity (Wildman–Crippen MR) is 69.6 cm³/mol. The molecule has 1 aliphatic rings. The van der Waals surface area contributed by atoms with Crippen molar-refractivity contribution in [3.8, 4) is 0 Å². The van der Waals surface area contributed by atoms with Crippen molar-refractivity contribution in [2.75, 3.05) is 6.54 Å². The second-order valence-corrected chi connectivity index (χ2v) is 5.82. The van der Waals surface area contributed by atoms with Gasteiger partial charge >= 0.3 is 0 Å². The van der Waals surface area contributed by atoms with E-state index in [1.807, 2.05) is 0 Å². The Morgan fingerprint density at radius 1 is 1.21 bits per heavy atom. The number of sulfonamides is 1. The Kier molecular flexibility index (Phi) is 3.79.